The fourth-order valence-electron chi connectivity index (χ4n) is 1.64. The van der Waals surface area contributed by atoms with E-state index in [1.165, 1.54) is 0 Å². The Kier molecular flexibility index (Phi) is 13.7. The van der Waals surface area contributed by atoms with Crippen molar-refractivity contribution >= 4 is 29.9 Å². The molecule has 5 heteroatoms. The smallest absolute Gasteiger partial charge is 0.193 e. The first kappa shape index (κ1) is 22.0. The summed E-state index contributed by atoms with van der Waals surface area (Å²) in [5.41, 5.74) is 0.156. The van der Waals surface area contributed by atoms with Gasteiger partial charge in [0.15, 0.2) is 5.96 Å². The van der Waals surface area contributed by atoms with Crippen LogP contribution >= 0.6 is 24.0 Å². The lowest BCUT2D eigenvalue weighted by molar-refractivity contribution is 0.429. The topological polar surface area (TPSA) is 39.7 Å². The predicted molar refractivity (Wildman–Crippen MR) is 101 cm³/mol. The van der Waals surface area contributed by atoms with Gasteiger partial charge < -0.3 is 15.5 Å². The van der Waals surface area contributed by atoms with Crippen LogP contribution in [0.1, 0.15) is 40.5 Å². The van der Waals surface area contributed by atoms with Crippen molar-refractivity contribution in [2.24, 2.45) is 4.99 Å². The molecule has 0 unspecified atom stereocenters. The molecule has 2 N–H and O–H groups in total. The van der Waals surface area contributed by atoms with Crippen LogP contribution in [0, 0.1) is 0 Å². The van der Waals surface area contributed by atoms with E-state index >= 15 is 0 Å². The molecule has 0 amide bonds. The molecule has 0 rings (SSSR count). The Hall–Kier alpha value is -0.300. The van der Waals surface area contributed by atoms with E-state index in [0.717, 1.165) is 45.0 Å². The Morgan fingerprint density at radius 2 is 2.00 bits per heavy atom. The van der Waals surface area contributed by atoms with Gasteiger partial charge in [0.2, 0.25) is 0 Å². The van der Waals surface area contributed by atoms with Crippen LogP contribution in [0.3, 0.4) is 0 Å². The molecular weight excluding hydrogens is 363 g/mol. The Bertz CT molecular complexity index is 272. The van der Waals surface area contributed by atoms with E-state index in [0.29, 0.717) is 0 Å². The molecule has 120 valence electrons. The van der Waals surface area contributed by atoms with Crippen LogP contribution in [0.15, 0.2) is 17.6 Å². The molecule has 0 aliphatic heterocycles. The predicted octanol–water partition coefficient (Wildman–Crippen LogP) is 2.86. The van der Waals surface area contributed by atoms with Gasteiger partial charge in [0.05, 0.1) is 6.54 Å². The van der Waals surface area contributed by atoms with Gasteiger partial charge in [0.25, 0.3) is 0 Å². The monoisotopic (exact) mass is 396 g/mol. The summed E-state index contributed by atoms with van der Waals surface area (Å²) in [5.74, 6) is 0.988. The summed E-state index contributed by atoms with van der Waals surface area (Å²) in [6, 6.07) is 0. The molecule has 4 nitrogen and oxygen atoms in total. The molecule has 0 spiro atoms. The Labute approximate surface area is 142 Å². The van der Waals surface area contributed by atoms with Crippen molar-refractivity contribution in [3.63, 3.8) is 0 Å². The number of hydrogen-bond acceptors (Lipinski definition) is 2. The van der Waals surface area contributed by atoms with Crippen LogP contribution in [0.5, 0.6) is 0 Å². The summed E-state index contributed by atoms with van der Waals surface area (Å²) >= 11 is 0. The zero-order valence-corrected chi connectivity index (χ0v) is 16.2. The van der Waals surface area contributed by atoms with E-state index in [-0.39, 0.29) is 29.5 Å². The number of nitrogens with one attached hydrogen (secondary N) is 2. The first-order valence-electron chi connectivity index (χ1n) is 7.26. The Morgan fingerprint density at radius 1 is 1.35 bits per heavy atom. The van der Waals surface area contributed by atoms with Crippen molar-refractivity contribution in [3.8, 4) is 0 Å². The average molecular weight is 396 g/mol. The molecule has 0 aliphatic rings. The quantitative estimate of drug-likeness (QED) is 0.218. The third kappa shape index (κ3) is 12.7. The molecule has 0 radical (unpaired) electrons. The van der Waals surface area contributed by atoms with E-state index in [9.17, 15) is 0 Å². The average Bonchev–Trinajstić information content (AvgIpc) is 2.32. The minimum Gasteiger partial charge on any atom is -0.357 e. The molecule has 20 heavy (non-hydrogen) atoms. The molecule has 0 bridgehead atoms. The molecule has 0 aromatic carbocycles. The molecule has 0 aromatic rings. The van der Waals surface area contributed by atoms with Crippen molar-refractivity contribution in [1.82, 2.24) is 15.5 Å². The van der Waals surface area contributed by atoms with Crippen molar-refractivity contribution in [2.75, 3.05) is 33.2 Å². The van der Waals surface area contributed by atoms with Gasteiger partial charge >= 0.3 is 0 Å². The number of guanidine groups is 1. The molecule has 0 aromatic heterocycles. The van der Waals surface area contributed by atoms with Gasteiger partial charge in [-0.1, -0.05) is 6.08 Å². The molecule has 0 atom stereocenters. The SMILES string of the molecule is C=CCCCN(C)C(=NCCNC(C)(C)C)NCC.I. The Morgan fingerprint density at radius 3 is 2.50 bits per heavy atom. The first-order chi connectivity index (χ1) is 8.90. The van der Waals surface area contributed by atoms with Gasteiger partial charge in [-0.2, -0.15) is 0 Å². The number of rotatable bonds is 8. The number of aliphatic imine (C=N–C) groups is 1. The van der Waals surface area contributed by atoms with E-state index in [1.54, 1.807) is 0 Å². The fourth-order valence-corrected chi connectivity index (χ4v) is 1.64. The highest BCUT2D eigenvalue weighted by molar-refractivity contribution is 14.0. The van der Waals surface area contributed by atoms with Crippen molar-refractivity contribution < 1.29 is 0 Å². The maximum absolute atomic E-state index is 4.64. The van der Waals surface area contributed by atoms with Gasteiger partial charge in [-0.05, 0) is 40.5 Å². The van der Waals surface area contributed by atoms with Crippen molar-refractivity contribution in [3.05, 3.63) is 12.7 Å². The standard InChI is InChI=1S/C15H32N4.HI/c1-7-9-10-13-19(6)14(16-8-2)17-11-12-18-15(3,4)5;/h7,18H,1,8-13H2,2-6H3,(H,16,17);1H. The molecule has 0 saturated carbocycles. The van der Waals surface area contributed by atoms with E-state index in [4.69, 9.17) is 0 Å². The number of hydrogen-bond donors (Lipinski definition) is 2. The van der Waals surface area contributed by atoms with Crippen LogP contribution in [0.25, 0.3) is 0 Å². The van der Waals surface area contributed by atoms with Crippen molar-refractivity contribution in [1.29, 1.82) is 0 Å². The highest BCUT2D eigenvalue weighted by Gasteiger charge is 2.08. The van der Waals surface area contributed by atoms with Crippen molar-refractivity contribution in [2.45, 2.75) is 46.1 Å². The third-order valence-corrected chi connectivity index (χ3v) is 2.63. The van der Waals surface area contributed by atoms with E-state index in [2.05, 4.69) is 61.8 Å². The number of halogens is 1. The van der Waals surface area contributed by atoms with Crippen LogP contribution in [0.2, 0.25) is 0 Å². The summed E-state index contributed by atoms with van der Waals surface area (Å²) < 4.78 is 0. The minimum absolute atomic E-state index is 0. The lowest BCUT2D eigenvalue weighted by Gasteiger charge is -2.23. The fraction of sp³-hybridized carbons (Fsp3) is 0.800. The molecule has 0 fully saturated rings. The zero-order chi connectivity index (χ0) is 14.7. The van der Waals surface area contributed by atoms with Crippen LogP contribution < -0.4 is 10.6 Å². The van der Waals surface area contributed by atoms with Gasteiger partial charge in [-0.3, -0.25) is 4.99 Å². The summed E-state index contributed by atoms with van der Waals surface area (Å²) in [6.45, 7) is 16.0. The zero-order valence-electron chi connectivity index (χ0n) is 13.8. The maximum Gasteiger partial charge on any atom is 0.193 e. The summed E-state index contributed by atoms with van der Waals surface area (Å²) in [5, 5.41) is 6.77. The normalized spacial score (nSPS) is 11.8. The number of unbranched alkanes of at least 4 members (excludes halogenated alkanes) is 1. The second kappa shape index (κ2) is 12.4. The largest absolute Gasteiger partial charge is 0.357 e. The lowest BCUT2D eigenvalue weighted by atomic mass is 10.1. The van der Waals surface area contributed by atoms with Crippen LogP contribution in [-0.4, -0.2) is 49.6 Å². The third-order valence-electron chi connectivity index (χ3n) is 2.63. The highest BCUT2D eigenvalue weighted by Crippen LogP contribution is 1.97. The summed E-state index contributed by atoms with van der Waals surface area (Å²) in [7, 11) is 2.09. The van der Waals surface area contributed by atoms with Gasteiger partial charge in [-0.15, -0.1) is 30.6 Å². The van der Waals surface area contributed by atoms with E-state index in [1.807, 2.05) is 6.08 Å². The van der Waals surface area contributed by atoms with Gasteiger partial charge in [0.1, 0.15) is 0 Å². The molecule has 0 aliphatic carbocycles. The van der Waals surface area contributed by atoms with Crippen LogP contribution in [-0.2, 0) is 0 Å². The maximum atomic E-state index is 4.64. The molecule has 0 heterocycles. The van der Waals surface area contributed by atoms with Crippen LogP contribution in [0.4, 0.5) is 0 Å². The van der Waals surface area contributed by atoms with E-state index < -0.39 is 0 Å². The van der Waals surface area contributed by atoms with Gasteiger partial charge in [-0.25, -0.2) is 0 Å². The first-order valence-corrected chi connectivity index (χ1v) is 7.26. The number of nitrogens with zero attached hydrogens (tertiary/aromatic N) is 2. The molecular formula is C15H33IN4. The summed E-state index contributed by atoms with van der Waals surface area (Å²) in [4.78, 5) is 6.82. The van der Waals surface area contributed by atoms with Gasteiger partial charge in [0, 0.05) is 32.2 Å². The lowest BCUT2D eigenvalue weighted by Crippen LogP contribution is -2.41. The molecule has 0 saturated heterocycles. The second-order valence-corrected chi connectivity index (χ2v) is 5.76. The number of allylic oxidation sites excluding steroid dienone is 1. The highest BCUT2D eigenvalue weighted by atomic mass is 127. The summed E-state index contributed by atoms with van der Waals surface area (Å²) in [6.07, 6.45) is 4.13. The second-order valence-electron chi connectivity index (χ2n) is 5.76. The Balaban J connectivity index is 0. The minimum atomic E-state index is 0.